The molecule has 0 fully saturated rings. The SMILES string of the molecule is C[C@H](Sc1nnc(-c2ccccc2)c2ccccc12)C(=O)c1ccc(NS(C)(=O)=O)cc1. The average molecular weight is 464 g/mol. The van der Waals surface area contributed by atoms with E-state index in [9.17, 15) is 13.2 Å². The van der Waals surface area contributed by atoms with Gasteiger partial charge in [-0.15, -0.1) is 10.2 Å². The molecular weight excluding hydrogens is 442 g/mol. The molecule has 0 aliphatic heterocycles. The predicted molar refractivity (Wildman–Crippen MR) is 130 cm³/mol. The summed E-state index contributed by atoms with van der Waals surface area (Å²) >= 11 is 1.36. The van der Waals surface area contributed by atoms with Crippen LogP contribution in [0.15, 0.2) is 83.9 Å². The van der Waals surface area contributed by atoms with E-state index < -0.39 is 15.3 Å². The van der Waals surface area contributed by atoms with Gasteiger partial charge in [0.25, 0.3) is 0 Å². The zero-order valence-corrected chi connectivity index (χ0v) is 19.2. The van der Waals surface area contributed by atoms with Crippen molar-refractivity contribution in [2.75, 3.05) is 11.0 Å². The third kappa shape index (κ3) is 4.98. The molecule has 0 radical (unpaired) electrons. The van der Waals surface area contributed by atoms with Crippen molar-refractivity contribution in [3.05, 3.63) is 84.4 Å². The number of sulfonamides is 1. The highest BCUT2D eigenvalue weighted by molar-refractivity contribution is 8.00. The Morgan fingerprint density at radius 2 is 1.50 bits per heavy atom. The molecule has 1 N–H and O–H groups in total. The molecule has 0 unspecified atom stereocenters. The molecule has 1 atom stereocenters. The quantitative estimate of drug-likeness (QED) is 0.305. The summed E-state index contributed by atoms with van der Waals surface area (Å²) in [5.41, 5.74) is 2.71. The van der Waals surface area contributed by atoms with E-state index in [1.54, 1.807) is 24.3 Å². The minimum Gasteiger partial charge on any atom is -0.293 e. The van der Waals surface area contributed by atoms with Crippen LogP contribution >= 0.6 is 11.8 Å². The van der Waals surface area contributed by atoms with Gasteiger partial charge in [0, 0.05) is 27.6 Å². The number of fused-ring (bicyclic) bond motifs is 1. The molecular formula is C24H21N3O3S2. The van der Waals surface area contributed by atoms with Crippen LogP contribution in [0.5, 0.6) is 0 Å². The summed E-state index contributed by atoms with van der Waals surface area (Å²) in [6.45, 7) is 1.83. The lowest BCUT2D eigenvalue weighted by atomic mass is 10.1. The Labute approximate surface area is 191 Å². The zero-order chi connectivity index (χ0) is 22.7. The van der Waals surface area contributed by atoms with Crippen molar-refractivity contribution in [3.63, 3.8) is 0 Å². The minimum absolute atomic E-state index is 0.0704. The van der Waals surface area contributed by atoms with Gasteiger partial charge in [-0.3, -0.25) is 9.52 Å². The maximum absolute atomic E-state index is 13.0. The van der Waals surface area contributed by atoms with E-state index in [1.165, 1.54) is 11.8 Å². The summed E-state index contributed by atoms with van der Waals surface area (Å²) in [5.74, 6) is -0.0704. The molecule has 0 bridgehead atoms. The molecule has 32 heavy (non-hydrogen) atoms. The standard InChI is InChI=1S/C24H21N3O3S2/c1-16(23(28)18-12-14-19(15-13-18)27-32(2,29)30)31-24-21-11-7-6-10-20(21)22(25-26-24)17-8-4-3-5-9-17/h3-16,27H,1-2H3/t16-/m0/s1. The van der Waals surface area contributed by atoms with Gasteiger partial charge in [0.05, 0.1) is 11.5 Å². The van der Waals surface area contributed by atoms with Gasteiger partial charge in [-0.05, 0) is 31.2 Å². The van der Waals surface area contributed by atoms with Crippen molar-refractivity contribution in [2.45, 2.75) is 17.2 Å². The Kier molecular flexibility index (Phi) is 6.25. The van der Waals surface area contributed by atoms with E-state index in [0.29, 0.717) is 16.3 Å². The summed E-state index contributed by atoms with van der Waals surface area (Å²) in [7, 11) is -3.37. The molecule has 0 saturated heterocycles. The molecule has 0 aliphatic carbocycles. The van der Waals surface area contributed by atoms with Gasteiger partial charge in [-0.2, -0.15) is 0 Å². The van der Waals surface area contributed by atoms with E-state index in [-0.39, 0.29) is 5.78 Å². The Morgan fingerprint density at radius 3 is 2.16 bits per heavy atom. The molecule has 4 rings (SSSR count). The molecule has 4 aromatic rings. The number of carbonyl (C=O) groups is 1. The Bertz CT molecular complexity index is 1370. The Balaban J connectivity index is 1.59. The minimum atomic E-state index is -3.37. The normalized spacial score (nSPS) is 12.4. The molecule has 0 aliphatic rings. The lowest BCUT2D eigenvalue weighted by Gasteiger charge is -2.13. The van der Waals surface area contributed by atoms with E-state index in [0.717, 1.165) is 28.3 Å². The fourth-order valence-corrected chi connectivity index (χ4v) is 4.88. The fraction of sp³-hybridized carbons (Fsp3) is 0.125. The summed E-state index contributed by atoms with van der Waals surface area (Å²) < 4.78 is 25.1. The van der Waals surface area contributed by atoms with Crippen LogP contribution in [0.3, 0.4) is 0 Å². The van der Waals surface area contributed by atoms with Gasteiger partial charge in [0.1, 0.15) is 10.7 Å². The number of anilines is 1. The lowest BCUT2D eigenvalue weighted by Crippen LogP contribution is -2.14. The molecule has 3 aromatic carbocycles. The summed E-state index contributed by atoms with van der Waals surface area (Å²) in [6, 6.07) is 24.2. The number of aromatic nitrogens is 2. The molecule has 0 amide bonds. The number of ketones is 1. The van der Waals surface area contributed by atoms with Gasteiger partial charge in [-0.1, -0.05) is 66.4 Å². The number of nitrogens with zero attached hydrogens (tertiary/aromatic N) is 2. The molecule has 162 valence electrons. The van der Waals surface area contributed by atoms with Crippen molar-refractivity contribution in [3.8, 4) is 11.3 Å². The van der Waals surface area contributed by atoms with Crippen molar-refractivity contribution in [1.82, 2.24) is 10.2 Å². The predicted octanol–water partition coefficient (Wildman–Crippen LogP) is 5.03. The van der Waals surface area contributed by atoms with Crippen LogP contribution in [0.4, 0.5) is 5.69 Å². The highest BCUT2D eigenvalue weighted by Gasteiger charge is 2.20. The summed E-state index contributed by atoms with van der Waals surface area (Å²) in [4.78, 5) is 13.0. The molecule has 1 aromatic heterocycles. The lowest BCUT2D eigenvalue weighted by molar-refractivity contribution is 0.0994. The molecule has 8 heteroatoms. The number of thioether (sulfide) groups is 1. The summed E-state index contributed by atoms with van der Waals surface area (Å²) in [6.07, 6.45) is 1.08. The third-order valence-electron chi connectivity index (χ3n) is 4.83. The zero-order valence-electron chi connectivity index (χ0n) is 17.5. The van der Waals surface area contributed by atoms with Gasteiger partial charge in [0.2, 0.25) is 10.0 Å². The van der Waals surface area contributed by atoms with Crippen LogP contribution in [-0.4, -0.2) is 35.9 Å². The van der Waals surface area contributed by atoms with E-state index in [2.05, 4.69) is 14.9 Å². The maximum Gasteiger partial charge on any atom is 0.229 e. The molecule has 0 saturated carbocycles. The van der Waals surface area contributed by atoms with Crippen LogP contribution in [0.1, 0.15) is 17.3 Å². The van der Waals surface area contributed by atoms with Crippen LogP contribution < -0.4 is 4.72 Å². The third-order valence-corrected chi connectivity index (χ3v) is 6.53. The first-order valence-corrected chi connectivity index (χ1v) is 12.7. The van der Waals surface area contributed by atoms with Crippen LogP contribution in [-0.2, 0) is 10.0 Å². The number of carbonyl (C=O) groups excluding carboxylic acids is 1. The first-order chi connectivity index (χ1) is 15.3. The number of benzene rings is 3. The van der Waals surface area contributed by atoms with Crippen LogP contribution in [0.2, 0.25) is 0 Å². The first-order valence-electron chi connectivity index (χ1n) is 9.91. The van der Waals surface area contributed by atoms with Crippen molar-refractivity contribution >= 4 is 44.0 Å². The average Bonchev–Trinajstić information content (AvgIpc) is 2.79. The number of Topliss-reactive ketones (excluding diaryl/α,β-unsaturated/α-hetero) is 1. The number of nitrogens with one attached hydrogen (secondary N) is 1. The first kappa shape index (κ1) is 22.0. The Hall–Kier alpha value is -3.23. The second-order valence-corrected chi connectivity index (χ2v) is 10.4. The topological polar surface area (TPSA) is 89.0 Å². The van der Waals surface area contributed by atoms with Gasteiger partial charge in [0.15, 0.2) is 5.78 Å². The fourth-order valence-electron chi connectivity index (χ4n) is 3.35. The molecule has 0 spiro atoms. The smallest absolute Gasteiger partial charge is 0.229 e. The number of rotatable bonds is 7. The van der Waals surface area contributed by atoms with Crippen molar-refractivity contribution in [1.29, 1.82) is 0 Å². The highest BCUT2D eigenvalue weighted by atomic mass is 32.2. The summed E-state index contributed by atoms with van der Waals surface area (Å²) in [5, 5.41) is 11.1. The van der Waals surface area contributed by atoms with Crippen LogP contribution in [0.25, 0.3) is 22.0 Å². The Morgan fingerprint density at radius 1 is 0.875 bits per heavy atom. The van der Waals surface area contributed by atoms with E-state index >= 15 is 0 Å². The van der Waals surface area contributed by atoms with E-state index in [1.807, 2.05) is 61.5 Å². The van der Waals surface area contributed by atoms with Crippen molar-refractivity contribution < 1.29 is 13.2 Å². The van der Waals surface area contributed by atoms with Crippen LogP contribution in [0, 0.1) is 0 Å². The van der Waals surface area contributed by atoms with Gasteiger partial charge in [-0.25, -0.2) is 8.42 Å². The van der Waals surface area contributed by atoms with Crippen molar-refractivity contribution in [2.24, 2.45) is 0 Å². The second-order valence-electron chi connectivity index (χ2n) is 7.34. The van der Waals surface area contributed by atoms with Gasteiger partial charge >= 0.3 is 0 Å². The number of hydrogen-bond acceptors (Lipinski definition) is 6. The largest absolute Gasteiger partial charge is 0.293 e. The second kappa shape index (κ2) is 9.10. The molecule has 1 heterocycles. The van der Waals surface area contributed by atoms with E-state index in [4.69, 9.17) is 0 Å². The number of hydrogen-bond donors (Lipinski definition) is 1. The monoisotopic (exact) mass is 463 g/mol. The van der Waals surface area contributed by atoms with Gasteiger partial charge < -0.3 is 0 Å². The maximum atomic E-state index is 13.0. The molecule has 6 nitrogen and oxygen atoms in total. The highest BCUT2D eigenvalue weighted by Crippen LogP contribution is 2.34.